The predicted molar refractivity (Wildman–Crippen MR) is 93.3 cm³/mol. The van der Waals surface area contributed by atoms with Crippen LogP contribution in [0.5, 0.6) is 0 Å². The zero-order valence-electron chi connectivity index (χ0n) is 12.3. The Morgan fingerprint density at radius 3 is 2.87 bits per heavy atom. The molecule has 2 aromatic carbocycles. The second-order valence-electron chi connectivity index (χ2n) is 5.61. The minimum Gasteiger partial charge on any atom is -0.384 e. The van der Waals surface area contributed by atoms with Crippen molar-refractivity contribution in [3.05, 3.63) is 65.4 Å². The number of nitrogens with one attached hydrogen (secondary N) is 3. The van der Waals surface area contributed by atoms with Crippen LogP contribution in [0.15, 0.2) is 48.7 Å². The quantitative estimate of drug-likeness (QED) is 0.372. The van der Waals surface area contributed by atoms with E-state index < -0.39 is 6.23 Å². The molecule has 5 nitrogen and oxygen atoms in total. The monoisotopic (exact) mass is 304 g/mol. The molecule has 0 spiro atoms. The van der Waals surface area contributed by atoms with Crippen LogP contribution in [-0.2, 0) is 0 Å². The first-order valence-electron chi connectivity index (χ1n) is 7.34. The summed E-state index contributed by atoms with van der Waals surface area (Å²) in [5, 5.41) is 22.1. The summed E-state index contributed by atoms with van der Waals surface area (Å²) in [6, 6.07) is 13.5. The van der Waals surface area contributed by atoms with Gasteiger partial charge in [0.25, 0.3) is 0 Å². The summed E-state index contributed by atoms with van der Waals surface area (Å²) in [5.41, 5.74) is 10.8. The molecular formula is C18H16N4O. The fourth-order valence-electron chi connectivity index (χ4n) is 2.99. The van der Waals surface area contributed by atoms with Crippen molar-refractivity contribution in [3.8, 4) is 0 Å². The van der Waals surface area contributed by atoms with Crippen molar-refractivity contribution in [2.24, 2.45) is 5.73 Å². The second kappa shape index (κ2) is 5.00. The zero-order chi connectivity index (χ0) is 16.0. The van der Waals surface area contributed by atoms with Crippen molar-refractivity contribution in [3.63, 3.8) is 0 Å². The van der Waals surface area contributed by atoms with Gasteiger partial charge in [-0.25, -0.2) is 0 Å². The molecule has 1 aliphatic heterocycles. The van der Waals surface area contributed by atoms with Gasteiger partial charge in [-0.15, -0.1) is 0 Å². The van der Waals surface area contributed by atoms with Gasteiger partial charge in [-0.1, -0.05) is 18.2 Å². The van der Waals surface area contributed by atoms with Crippen molar-refractivity contribution in [1.29, 1.82) is 5.41 Å². The Morgan fingerprint density at radius 1 is 1.22 bits per heavy atom. The molecule has 2 heterocycles. The van der Waals surface area contributed by atoms with Gasteiger partial charge >= 0.3 is 0 Å². The van der Waals surface area contributed by atoms with Crippen LogP contribution in [0.3, 0.4) is 0 Å². The number of amidine groups is 1. The highest BCUT2D eigenvalue weighted by Crippen LogP contribution is 2.37. The molecule has 114 valence electrons. The van der Waals surface area contributed by atoms with E-state index >= 15 is 0 Å². The molecule has 0 radical (unpaired) electrons. The fourth-order valence-corrected chi connectivity index (χ4v) is 2.99. The Kier molecular flexibility index (Phi) is 2.96. The van der Waals surface area contributed by atoms with Crippen molar-refractivity contribution in [1.82, 2.24) is 4.98 Å². The van der Waals surface area contributed by atoms with Gasteiger partial charge in [-0.3, -0.25) is 5.41 Å². The van der Waals surface area contributed by atoms with Gasteiger partial charge in [-0.05, 0) is 30.3 Å². The van der Waals surface area contributed by atoms with E-state index in [1.54, 1.807) is 6.07 Å². The summed E-state index contributed by atoms with van der Waals surface area (Å²) < 4.78 is 0. The van der Waals surface area contributed by atoms with Crippen LogP contribution in [0.1, 0.15) is 16.7 Å². The average Bonchev–Trinajstić information content (AvgIpc) is 3.09. The maximum absolute atomic E-state index is 10.3. The van der Waals surface area contributed by atoms with Crippen LogP contribution >= 0.6 is 0 Å². The highest BCUT2D eigenvalue weighted by molar-refractivity contribution is 6.02. The number of benzene rings is 2. The van der Waals surface area contributed by atoms with Gasteiger partial charge in [0, 0.05) is 45.1 Å². The van der Waals surface area contributed by atoms with Crippen LogP contribution in [0.2, 0.25) is 0 Å². The van der Waals surface area contributed by atoms with E-state index in [4.69, 9.17) is 11.1 Å². The smallest absolute Gasteiger partial charge is 0.151 e. The van der Waals surface area contributed by atoms with Crippen molar-refractivity contribution >= 4 is 34.1 Å². The first kappa shape index (κ1) is 13.6. The van der Waals surface area contributed by atoms with E-state index in [2.05, 4.69) is 10.3 Å². The summed E-state index contributed by atoms with van der Waals surface area (Å²) >= 11 is 0. The van der Waals surface area contributed by atoms with E-state index in [0.717, 1.165) is 33.3 Å². The normalized spacial score (nSPS) is 18.1. The molecule has 1 aromatic heterocycles. The number of hydrogen-bond donors (Lipinski definition) is 5. The minimum atomic E-state index is -0.777. The number of nitrogens with two attached hydrogens (primary N) is 1. The largest absolute Gasteiger partial charge is 0.384 e. The Hall–Kier alpha value is -3.05. The molecule has 0 saturated carbocycles. The van der Waals surface area contributed by atoms with Gasteiger partial charge in [0.2, 0.25) is 0 Å². The Labute approximate surface area is 133 Å². The van der Waals surface area contributed by atoms with E-state index in [1.807, 2.05) is 48.7 Å². The number of anilines is 1. The van der Waals surface area contributed by atoms with Crippen LogP contribution in [-0.4, -0.2) is 22.2 Å². The lowest BCUT2D eigenvalue weighted by Crippen LogP contribution is -2.12. The standard InChI is InChI=1S/C18H16N4O/c19-17(20)10-5-6-16-13(7-10)14(18(23)22-16)8-11-9-21-15-4-2-1-3-12(11)15/h1-9,18,21-23H,(H3,19,20). The maximum atomic E-state index is 10.3. The molecule has 0 bridgehead atoms. The number of fused-ring (bicyclic) bond motifs is 2. The number of nitrogen functional groups attached to an aromatic ring is 1. The molecule has 1 aliphatic rings. The Morgan fingerprint density at radius 2 is 2.04 bits per heavy atom. The summed E-state index contributed by atoms with van der Waals surface area (Å²) in [7, 11) is 0. The first-order valence-corrected chi connectivity index (χ1v) is 7.34. The maximum Gasteiger partial charge on any atom is 0.151 e. The number of para-hydroxylation sites is 1. The molecule has 0 amide bonds. The van der Waals surface area contributed by atoms with E-state index in [9.17, 15) is 5.11 Å². The number of aliphatic hydroxyl groups is 1. The van der Waals surface area contributed by atoms with Gasteiger partial charge in [0.15, 0.2) is 6.23 Å². The molecule has 5 heteroatoms. The molecule has 0 aliphatic carbocycles. The third-order valence-corrected chi connectivity index (χ3v) is 4.16. The van der Waals surface area contributed by atoms with Gasteiger partial charge < -0.3 is 21.1 Å². The molecule has 1 unspecified atom stereocenters. The number of aromatic nitrogens is 1. The Balaban J connectivity index is 1.86. The van der Waals surface area contributed by atoms with Crippen LogP contribution in [0.25, 0.3) is 22.6 Å². The summed E-state index contributed by atoms with van der Waals surface area (Å²) in [6.45, 7) is 0. The number of H-pyrrole nitrogens is 1. The predicted octanol–water partition coefficient (Wildman–Crippen LogP) is 2.74. The van der Waals surface area contributed by atoms with E-state index in [1.165, 1.54) is 0 Å². The first-order chi connectivity index (χ1) is 11.1. The van der Waals surface area contributed by atoms with Crippen molar-refractivity contribution in [2.75, 3.05) is 5.32 Å². The number of aliphatic hydroxyl groups excluding tert-OH is 1. The molecule has 6 N–H and O–H groups in total. The molecule has 4 rings (SSSR count). The summed E-state index contributed by atoms with van der Waals surface area (Å²) in [4.78, 5) is 3.23. The lowest BCUT2D eigenvalue weighted by atomic mass is 10.0. The molecular weight excluding hydrogens is 288 g/mol. The summed E-state index contributed by atoms with van der Waals surface area (Å²) in [6.07, 6.45) is 3.12. The highest BCUT2D eigenvalue weighted by atomic mass is 16.3. The molecule has 1 atom stereocenters. The van der Waals surface area contributed by atoms with Crippen molar-refractivity contribution < 1.29 is 5.11 Å². The molecule has 0 fully saturated rings. The van der Waals surface area contributed by atoms with Crippen LogP contribution < -0.4 is 11.1 Å². The van der Waals surface area contributed by atoms with E-state index in [-0.39, 0.29) is 5.84 Å². The number of rotatable bonds is 2. The lowest BCUT2D eigenvalue weighted by Gasteiger charge is -2.05. The van der Waals surface area contributed by atoms with Gasteiger partial charge in [-0.2, -0.15) is 0 Å². The lowest BCUT2D eigenvalue weighted by molar-refractivity contribution is 0.266. The number of hydrogen-bond acceptors (Lipinski definition) is 3. The van der Waals surface area contributed by atoms with E-state index in [0.29, 0.717) is 5.56 Å². The Bertz CT molecular complexity index is 955. The second-order valence-corrected chi connectivity index (χ2v) is 5.61. The highest BCUT2D eigenvalue weighted by Gasteiger charge is 2.25. The van der Waals surface area contributed by atoms with Crippen molar-refractivity contribution in [2.45, 2.75) is 6.23 Å². The summed E-state index contributed by atoms with van der Waals surface area (Å²) in [5.74, 6) is 0.0145. The number of aromatic amines is 1. The van der Waals surface area contributed by atoms with Crippen LogP contribution in [0.4, 0.5) is 5.69 Å². The van der Waals surface area contributed by atoms with Crippen LogP contribution in [0, 0.1) is 5.41 Å². The third-order valence-electron chi connectivity index (χ3n) is 4.16. The average molecular weight is 304 g/mol. The minimum absolute atomic E-state index is 0.0145. The van der Waals surface area contributed by atoms with Gasteiger partial charge in [0.1, 0.15) is 5.84 Å². The molecule has 3 aromatic rings. The topological polar surface area (TPSA) is 97.9 Å². The van der Waals surface area contributed by atoms with Gasteiger partial charge in [0.05, 0.1) is 0 Å². The zero-order valence-corrected chi connectivity index (χ0v) is 12.3. The fraction of sp³-hybridized carbons (Fsp3) is 0.0556. The molecule has 23 heavy (non-hydrogen) atoms. The molecule has 0 saturated heterocycles. The SMILES string of the molecule is N=C(N)c1ccc2c(c1)C(=Cc1c[nH]c3ccccc13)C(O)N2. The third kappa shape index (κ3) is 2.18.